The van der Waals surface area contributed by atoms with Gasteiger partial charge in [0.2, 0.25) is 11.8 Å². The Morgan fingerprint density at radius 3 is 1.39 bits per heavy atom. The van der Waals surface area contributed by atoms with Gasteiger partial charge in [-0.2, -0.15) is 0 Å². The molecule has 0 N–H and O–H groups in total. The molecule has 8 heteroatoms. The summed E-state index contributed by atoms with van der Waals surface area (Å²) in [7, 11) is 0. The smallest absolute Gasteiger partial charge is 0.222 e. The van der Waals surface area contributed by atoms with E-state index in [-0.39, 0.29) is 11.8 Å². The van der Waals surface area contributed by atoms with E-state index in [2.05, 4.69) is 19.8 Å². The van der Waals surface area contributed by atoms with Gasteiger partial charge in [0.1, 0.15) is 11.6 Å². The summed E-state index contributed by atoms with van der Waals surface area (Å²) in [5, 5.41) is 0. The van der Waals surface area contributed by atoms with Crippen molar-refractivity contribution in [2.75, 3.05) is 62.2 Å². The predicted octanol–water partition coefficient (Wildman–Crippen LogP) is 2.42. The maximum Gasteiger partial charge on any atom is 0.222 e. The topological polar surface area (TPSA) is 72.9 Å². The van der Waals surface area contributed by atoms with Crippen molar-refractivity contribution in [3.8, 4) is 0 Å². The number of anilines is 2. The van der Waals surface area contributed by atoms with Crippen LogP contribution in [0.5, 0.6) is 0 Å². The van der Waals surface area contributed by atoms with Gasteiger partial charge in [-0.1, -0.05) is 18.6 Å². The van der Waals surface area contributed by atoms with Crippen molar-refractivity contribution in [2.45, 2.75) is 32.1 Å². The van der Waals surface area contributed by atoms with E-state index in [0.29, 0.717) is 12.8 Å². The lowest BCUT2D eigenvalue weighted by Gasteiger charge is -2.35. The van der Waals surface area contributed by atoms with Crippen molar-refractivity contribution in [1.29, 1.82) is 0 Å². The molecule has 2 fully saturated rings. The van der Waals surface area contributed by atoms with E-state index in [1.54, 1.807) is 12.4 Å². The summed E-state index contributed by atoms with van der Waals surface area (Å²) in [6.07, 6.45) is 7.36. The minimum Gasteiger partial charge on any atom is -0.353 e. The van der Waals surface area contributed by atoms with Gasteiger partial charge in [-0.05, 0) is 37.1 Å². The number of carbonyl (C=O) groups is 2. The average Bonchev–Trinajstić information content (AvgIpc) is 2.89. The Morgan fingerprint density at radius 1 is 0.606 bits per heavy atom. The lowest BCUT2D eigenvalue weighted by Crippen LogP contribution is -2.49. The highest BCUT2D eigenvalue weighted by molar-refractivity contribution is 5.77. The van der Waals surface area contributed by atoms with Crippen molar-refractivity contribution in [1.82, 2.24) is 19.8 Å². The van der Waals surface area contributed by atoms with E-state index in [4.69, 9.17) is 0 Å². The van der Waals surface area contributed by atoms with Crippen molar-refractivity contribution in [2.24, 2.45) is 0 Å². The van der Waals surface area contributed by atoms with Gasteiger partial charge in [0, 0.05) is 77.6 Å². The van der Waals surface area contributed by atoms with Gasteiger partial charge >= 0.3 is 0 Å². The third kappa shape index (κ3) is 6.43. The summed E-state index contributed by atoms with van der Waals surface area (Å²) < 4.78 is 0. The Hall–Kier alpha value is -3.16. The molecular formula is C25H34N6O2. The third-order valence-electron chi connectivity index (χ3n) is 6.49. The summed E-state index contributed by atoms with van der Waals surface area (Å²) in [4.78, 5) is 42.3. The largest absolute Gasteiger partial charge is 0.353 e. The zero-order valence-corrected chi connectivity index (χ0v) is 19.3. The summed E-state index contributed by atoms with van der Waals surface area (Å²) in [6, 6.07) is 11.8. The molecule has 4 rings (SSSR count). The van der Waals surface area contributed by atoms with Crippen LogP contribution in [0.2, 0.25) is 0 Å². The monoisotopic (exact) mass is 450 g/mol. The lowest BCUT2D eigenvalue weighted by molar-refractivity contribution is -0.131. The number of unbranched alkanes of at least 4 members (excludes halogenated alkanes) is 2. The van der Waals surface area contributed by atoms with E-state index in [1.165, 1.54) is 0 Å². The van der Waals surface area contributed by atoms with Gasteiger partial charge in [0.15, 0.2) is 0 Å². The van der Waals surface area contributed by atoms with Gasteiger partial charge < -0.3 is 19.6 Å². The molecule has 2 aliphatic rings. The molecule has 0 saturated carbocycles. The highest BCUT2D eigenvalue weighted by Gasteiger charge is 2.23. The standard InChI is InChI=1S/C25H34N6O2/c32-24(30-18-14-28(15-19-30)22-8-4-6-12-26-22)10-2-1-3-11-25(33)31-20-16-29(17-21-31)23-9-5-7-13-27-23/h4-9,12-13H,1-3,10-11,14-21H2. The van der Waals surface area contributed by atoms with Crippen molar-refractivity contribution >= 4 is 23.5 Å². The number of hydrogen-bond acceptors (Lipinski definition) is 6. The van der Waals surface area contributed by atoms with E-state index in [0.717, 1.165) is 83.3 Å². The molecule has 0 atom stereocenters. The highest BCUT2D eigenvalue weighted by atomic mass is 16.2. The molecule has 4 heterocycles. The Labute approximate surface area is 196 Å². The molecule has 2 amide bonds. The first-order chi connectivity index (χ1) is 16.2. The van der Waals surface area contributed by atoms with Crippen LogP contribution in [-0.2, 0) is 9.59 Å². The first-order valence-corrected chi connectivity index (χ1v) is 12.1. The Balaban J connectivity index is 1.07. The molecule has 176 valence electrons. The third-order valence-corrected chi connectivity index (χ3v) is 6.49. The molecule has 0 radical (unpaired) electrons. The van der Waals surface area contributed by atoms with Crippen LogP contribution in [0.25, 0.3) is 0 Å². The molecule has 0 spiro atoms. The van der Waals surface area contributed by atoms with Crippen LogP contribution in [0.4, 0.5) is 11.6 Å². The Morgan fingerprint density at radius 2 is 1.03 bits per heavy atom. The molecule has 0 aliphatic carbocycles. The fourth-order valence-corrected chi connectivity index (χ4v) is 4.50. The van der Waals surface area contributed by atoms with E-state index in [9.17, 15) is 9.59 Å². The van der Waals surface area contributed by atoms with Crippen molar-refractivity contribution < 1.29 is 9.59 Å². The normalized spacial score (nSPS) is 16.7. The van der Waals surface area contributed by atoms with Gasteiger partial charge in [0.25, 0.3) is 0 Å². The molecule has 2 aromatic rings. The second-order valence-corrected chi connectivity index (χ2v) is 8.67. The number of piperazine rings is 2. The number of amides is 2. The minimum atomic E-state index is 0.229. The maximum atomic E-state index is 12.5. The van der Waals surface area contributed by atoms with Crippen LogP contribution in [0.3, 0.4) is 0 Å². The fraction of sp³-hybridized carbons (Fsp3) is 0.520. The van der Waals surface area contributed by atoms with E-state index < -0.39 is 0 Å². The lowest BCUT2D eigenvalue weighted by atomic mass is 10.1. The number of hydrogen-bond donors (Lipinski definition) is 0. The molecular weight excluding hydrogens is 416 g/mol. The number of nitrogens with zero attached hydrogens (tertiary/aromatic N) is 6. The SMILES string of the molecule is O=C(CCCCCC(=O)N1CCN(c2ccccn2)CC1)N1CCN(c2ccccn2)CC1. The Bertz CT molecular complexity index is 805. The molecule has 2 aliphatic heterocycles. The van der Waals surface area contributed by atoms with Gasteiger partial charge in [-0.25, -0.2) is 9.97 Å². The van der Waals surface area contributed by atoms with Gasteiger partial charge in [-0.3, -0.25) is 9.59 Å². The quantitative estimate of drug-likeness (QED) is 0.575. The van der Waals surface area contributed by atoms with Crippen LogP contribution in [-0.4, -0.2) is 83.9 Å². The van der Waals surface area contributed by atoms with E-state index >= 15 is 0 Å². The van der Waals surface area contributed by atoms with Crippen molar-refractivity contribution in [3.05, 3.63) is 48.8 Å². The second kappa shape index (κ2) is 11.6. The summed E-state index contributed by atoms with van der Waals surface area (Å²) in [5.74, 6) is 2.42. The first-order valence-electron chi connectivity index (χ1n) is 12.1. The summed E-state index contributed by atoms with van der Waals surface area (Å²) >= 11 is 0. The molecule has 8 nitrogen and oxygen atoms in total. The van der Waals surface area contributed by atoms with Crippen LogP contribution >= 0.6 is 0 Å². The van der Waals surface area contributed by atoms with Crippen LogP contribution in [0.1, 0.15) is 32.1 Å². The average molecular weight is 451 g/mol. The highest BCUT2D eigenvalue weighted by Crippen LogP contribution is 2.16. The molecule has 33 heavy (non-hydrogen) atoms. The molecule has 2 saturated heterocycles. The molecule has 0 bridgehead atoms. The van der Waals surface area contributed by atoms with Crippen LogP contribution in [0.15, 0.2) is 48.8 Å². The zero-order chi connectivity index (χ0) is 22.9. The predicted molar refractivity (Wildman–Crippen MR) is 129 cm³/mol. The van der Waals surface area contributed by atoms with E-state index in [1.807, 2.05) is 46.2 Å². The van der Waals surface area contributed by atoms with Crippen LogP contribution < -0.4 is 9.80 Å². The van der Waals surface area contributed by atoms with Gasteiger partial charge in [0.05, 0.1) is 0 Å². The van der Waals surface area contributed by atoms with Crippen LogP contribution in [0, 0.1) is 0 Å². The number of carbonyl (C=O) groups excluding carboxylic acids is 2. The maximum absolute atomic E-state index is 12.5. The molecule has 0 unspecified atom stereocenters. The molecule has 0 aromatic carbocycles. The second-order valence-electron chi connectivity index (χ2n) is 8.67. The molecule has 2 aromatic heterocycles. The van der Waals surface area contributed by atoms with Gasteiger partial charge in [-0.15, -0.1) is 0 Å². The number of pyridine rings is 2. The zero-order valence-electron chi connectivity index (χ0n) is 19.3. The number of rotatable bonds is 8. The first kappa shape index (κ1) is 23.0. The summed E-state index contributed by atoms with van der Waals surface area (Å²) in [5.41, 5.74) is 0. The number of aromatic nitrogens is 2. The minimum absolute atomic E-state index is 0.229. The van der Waals surface area contributed by atoms with Crippen molar-refractivity contribution in [3.63, 3.8) is 0 Å². The Kier molecular flexibility index (Phi) is 8.11. The summed E-state index contributed by atoms with van der Waals surface area (Å²) in [6.45, 7) is 6.29. The fourth-order valence-electron chi connectivity index (χ4n) is 4.50.